The number of ether oxygens (including phenoxy) is 4. The van der Waals surface area contributed by atoms with Gasteiger partial charge in [0.15, 0.2) is 11.6 Å². The number of rotatable bonds is 16. The van der Waals surface area contributed by atoms with Gasteiger partial charge in [0.1, 0.15) is 45.4 Å². The molecular formula is C44H50ClN13O6. The van der Waals surface area contributed by atoms with Gasteiger partial charge in [-0.25, -0.2) is 19.9 Å². The second-order valence-corrected chi connectivity index (χ2v) is 15.2. The summed E-state index contributed by atoms with van der Waals surface area (Å²) >= 11 is 5.66. The zero-order valence-corrected chi connectivity index (χ0v) is 37.1. The zero-order chi connectivity index (χ0) is 45.6. The number of amides is 2. The van der Waals surface area contributed by atoms with Gasteiger partial charge in [0, 0.05) is 60.8 Å². The van der Waals surface area contributed by atoms with E-state index in [1.165, 1.54) is 18.6 Å². The van der Waals surface area contributed by atoms with Crippen LogP contribution in [0.4, 0.5) is 17.5 Å². The summed E-state index contributed by atoms with van der Waals surface area (Å²) < 4.78 is 21.2. The normalized spacial score (nSPS) is 14.7. The predicted molar refractivity (Wildman–Crippen MR) is 240 cm³/mol. The van der Waals surface area contributed by atoms with Gasteiger partial charge in [0.2, 0.25) is 0 Å². The molecule has 0 spiro atoms. The largest absolute Gasteiger partial charge is 0.497 e. The van der Waals surface area contributed by atoms with E-state index in [2.05, 4.69) is 80.7 Å². The van der Waals surface area contributed by atoms with Crippen molar-refractivity contribution >= 4 is 40.9 Å². The minimum atomic E-state index is -0.408. The van der Waals surface area contributed by atoms with Gasteiger partial charge in [-0.2, -0.15) is 15.5 Å². The quantitative estimate of drug-likeness (QED) is 0.0868. The van der Waals surface area contributed by atoms with Gasteiger partial charge in [0.05, 0.1) is 65.8 Å². The third-order valence-electron chi connectivity index (χ3n) is 10.3. The van der Waals surface area contributed by atoms with Gasteiger partial charge < -0.3 is 34.5 Å². The molecule has 334 valence electrons. The number of halogens is 1. The number of aryl methyl sites for hydroxylation is 4. The molecule has 1 fully saturated rings. The Bertz CT molecular complexity index is 2470. The number of hydrogen-bond acceptors (Lipinski definition) is 15. The Labute approximate surface area is 375 Å². The molecule has 4 N–H and O–H groups in total. The van der Waals surface area contributed by atoms with E-state index in [-0.39, 0.29) is 34.5 Å². The van der Waals surface area contributed by atoms with Crippen LogP contribution in [0, 0.1) is 11.3 Å². The van der Waals surface area contributed by atoms with Crippen molar-refractivity contribution in [3.63, 3.8) is 0 Å². The number of carbonyl (C=O) groups excluding carboxylic acids is 2. The number of aromatic nitrogens is 8. The molecule has 1 aliphatic rings. The molecule has 5 heterocycles. The lowest BCUT2D eigenvalue weighted by Gasteiger charge is -2.43. The third kappa shape index (κ3) is 12.6. The van der Waals surface area contributed by atoms with E-state index in [4.69, 9.17) is 35.8 Å². The number of piperazine rings is 1. The first kappa shape index (κ1) is 46.2. The summed E-state index contributed by atoms with van der Waals surface area (Å²) in [4.78, 5) is 45.7. The molecule has 0 radical (unpaired) electrons. The number of carbonyl (C=O) groups is 2. The fourth-order valence-electron chi connectivity index (χ4n) is 7.02. The highest BCUT2D eigenvalue weighted by Crippen LogP contribution is 2.25. The van der Waals surface area contributed by atoms with Crippen molar-refractivity contribution in [3.8, 4) is 29.1 Å². The second kappa shape index (κ2) is 22.2. The smallest absolute Gasteiger partial charge is 0.277 e. The standard InChI is InChI=1S/C26H32N8O3.C18H18ClN5O3/c1-17-15-33(16-18(2)34(17)8-7-27)25-14-28-23(13-29-25)26(35)30-24-11-20(31-32-24)6-5-19-9-21(36-3)12-22(10-19)37-4;1-26-13-5-11(6-14(8-13)27-2)3-4-12-7-17(24-23-12)22-18(25)15-9-21-16(19)10-20-15/h9-14,17-18H,5-6,8,15-16H2,1-4H3,(H2,30,31,32,35);5-10H,3-4H2,1-2H3,(H2,22,23,24,25)/t17-,18+;. The molecule has 64 heavy (non-hydrogen) atoms. The predicted octanol–water partition coefficient (Wildman–Crippen LogP) is 5.58. The fourth-order valence-corrected chi connectivity index (χ4v) is 7.11. The maximum absolute atomic E-state index is 12.7. The van der Waals surface area contributed by atoms with E-state index >= 15 is 0 Å². The minimum absolute atomic E-state index is 0.160. The molecule has 2 atom stereocenters. The summed E-state index contributed by atoms with van der Waals surface area (Å²) in [5.74, 6) is 3.72. The van der Waals surface area contributed by atoms with Crippen molar-refractivity contribution in [2.45, 2.75) is 51.6 Å². The van der Waals surface area contributed by atoms with Gasteiger partial charge in [-0.05, 0) is 74.9 Å². The van der Waals surface area contributed by atoms with Gasteiger partial charge in [-0.1, -0.05) is 11.6 Å². The van der Waals surface area contributed by atoms with E-state index in [1.807, 2.05) is 36.4 Å². The maximum atomic E-state index is 12.7. The van der Waals surface area contributed by atoms with Gasteiger partial charge in [-0.3, -0.25) is 24.7 Å². The van der Waals surface area contributed by atoms with Crippen LogP contribution in [0.1, 0.15) is 57.3 Å². The summed E-state index contributed by atoms with van der Waals surface area (Å²) in [6.07, 6.45) is 8.63. The van der Waals surface area contributed by atoms with E-state index in [0.29, 0.717) is 36.8 Å². The summed E-state index contributed by atoms with van der Waals surface area (Å²) in [6, 6.07) is 17.8. The molecule has 0 unspecified atom stereocenters. The van der Waals surface area contributed by atoms with Crippen LogP contribution in [0.2, 0.25) is 5.15 Å². The molecule has 20 heteroatoms. The number of nitrogens with one attached hydrogen (secondary N) is 4. The number of aromatic amines is 2. The number of nitriles is 1. The van der Waals surface area contributed by atoms with Gasteiger partial charge in [0.25, 0.3) is 11.8 Å². The summed E-state index contributed by atoms with van der Waals surface area (Å²) in [5, 5.41) is 28.9. The Morgan fingerprint density at radius 2 is 1.12 bits per heavy atom. The summed E-state index contributed by atoms with van der Waals surface area (Å²) in [6.45, 7) is 6.09. The van der Waals surface area contributed by atoms with Crippen molar-refractivity contribution in [2.75, 3.05) is 63.6 Å². The first-order valence-electron chi connectivity index (χ1n) is 20.3. The molecule has 6 aromatic rings. The summed E-state index contributed by atoms with van der Waals surface area (Å²) in [7, 11) is 6.49. The van der Waals surface area contributed by atoms with E-state index < -0.39 is 5.91 Å². The fraction of sp³-hybridized carbons (Fsp3) is 0.341. The van der Waals surface area contributed by atoms with Crippen LogP contribution in [0.5, 0.6) is 23.0 Å². The average Bonchev–Trinajstić information content (AvgIpc) is 3.97. The van der Waals surface area contributed by atoms with Crippen LogP contribution in [-0.4, -0.2) is 117 Å². The second-order valence-electron chi connectivity index (χ2n) is 14.8. The van der Waals surface area contributed by atoms with E-state index in [0.717, 1.165) is 71.4 Å². The lowest BCUT2D eigenvalue weighted by atomic mass is 10.1. The van der Waals surface area contributed by atoms with Crippen LogP contribution in [0.3, 0.4) is 0 Å². The number of anilines is 3. The average molecular weight is 892 g/mol. The van der Waals surface area contributed by atoms with Crippen molar-refractivity contribution in [2.24, 2.45) is 0 Å². The zero-order valence-electron chi connectivity index (χ0n) is 36.4. The number of nitrogens with zero attached hydrogens (tertiary/aromatic N) is 9. The third-order valence-corrected chi connectivity index (χ3v) is 10.5. The van der Waals surface area contributed by atoms with Gasteiger partial charge >= 0.3 is 0 Å². The van der Waals surface area contributed by atoms with Gasteiger partial charge in [-0.15, -0.1) is 0 Å². The van der Waals surface area contributed by atoms with Crippen molar-refractivity contribution in [1.82, 2.24) is 45.2 Å². The lowest BCUT2D eigenvalue weighted by molar-refractivity contribution is 0.101. The highest BCUT2D eigenvalue weighted by molar-refractivity contribution is 6.29. The first-order chi connectivity index (χ1) is 31.0. The van der Waals surface area contributed by atoms with Crippen LogP contribution in [-0.2, 0) is 25.7 Å². The molecule has 2 aromatic carbocycles. The number of H-pyrrole nitrogens is 2. The number of methoxy groups -OCH3 is 4. The molecule has 7 rings (SSSR count). The van der Waals surface area contributed by atoms with Crippen LogP contribution >= 0.6 is 11.6 Å². The highest BCUT2D eigenvalue weighted by Gasteiger charge is 2.30. The SMILES string of the molecule is COc1cc(CCc2cc(NC(=O)c3cnc(Cl)cn3)n[nH]2)cc(OC)c1.COc1cc(CCc2cc(NC(=O)c3cnc(N4C[C@@H](C)N(CC#N)[C@@H](C)C4)cn3)n[nH]2)cc(OC)c1. The Morgan fingerprint density at radius 1 is 0.672 bits per heavy atom. The molecule has 4 aromatic heterocycles. The Kier molecular flexibility index (Phi) is 16.0. The molecule has 1 saturated heterocycles. The highest BCUT2D eigenvalue weighted by atomic mass is 35.5. The maximum Gasteiger partial charge on any atom is 0.277 e. The molecule has 0 saturated carbocycles. The van der Waals surface area contributed by atoms with E-state index in [1.54, 1.807) is 46.8 Å². The monoisotopic (exact) mass is 891 g/mol. The Balaban J connectivity index is 0.000000223. The van der Waals surface area contributed by atoms with E-state index in [9.17, 15) is 9.59 Å². The molecule has 19 nitrogen and oxygen atoms in total. The molecule has 2 amide bonds. The van der Waals surface area contributed by atoms with Crippen molar-refractivity contribution in [3.05, 3.63) is 112 Å². The molecule has 0 bridgehead atoms. The molecular weight excluding hydrogens is 842 g/mol. The minimum Gasteiger partial charge on any atom is -0.497 e. The molecule has 1 aliphatic heterocycles. The van der Waals surface area contributed by atoms with Crippen LogP contribution in [0.25, 0.3) is 0 Å². The number of hydrogen-bond donors (Lipinski definition) is 4. The Hall–Kier alpha value is -7.30. The lowest BCUT2D eigenvalue weighted by Crippen LogP contribution is -2.57. The van der Waals surface area contributed by atoms with Crippen molar-refractivity contribution < 1.29 is 28.5 Å². The first-order valence-corrected chi connectivity index (χ1v) is 20.7. The number of benzene rings is 2. The van der Waals surface area contributed by atoms with Crippen LogP contribution < -0.4 is 34.5 Å². The molecule has 0 aliphatic carbocycles. The van der Waals surface area contributed by atoms with Crippen molar-refractivity contribution in [1.29, 1.82) is 5.26 Å². The topological polar surface area (TPSA) is 234 Å². The van der Waals surface area contributed by atoms with Crippen LogP contribution in [0.15, 0.2) is 73.3 Å². The summed E-state index contributed by atoms with van der Waals surface area (Å²) in [5.41, 5.74) is 4.28. The Morgan fingerprint density at radius 3 is 1.52 bits per heavy atom.